The summed E-state index contributed by atoms with van der Waals surface area (Å²) in [6.07, 6.45) is 1.87. The van der Waals surface area contributed by atoms with Crippen molar-refractivity contribution in [3.63, 3.8) is 0 Å². The van der Waals surface area contributed by atoms with E-state index in [1.165, 1.54) is 5.56 Å². The van der Waals surface area contributed by atoms with Crippen LogP contribution in [-0.2, 0) is 10.3 Å². The van der Waals surface area contributed by atoms with Crippen LogP contribution >= 0.6 is 24.8 Å². The summed E-state index contributed by atoms with van der Waals surface area (Å²) in [5.74, 6) is 0.00713. The first-order valence-electron chi connectivity index (χ1n) is 8.94. The number of nitrogens with two attached hydrogens (primary N) is 1. The molecule has 1 atom stereocenters. The van der Waals surface area contributed by atoms with Gasteiger partial charge in [0.05, 0.1) is 0 Å². The lowest BCUT2D eigenvalue weighted by Crippen LogP contribution is -2.54. The number of nitrogens with one attached hydrogen (secondary N) is 1. The maximum absolute atomic E-state index is 12.9. The zero-order chi connectivity index (χ0) is 17.9. The van der Waals surface area contributed by atoms with Gasteiger partial charge >= 0.3 is 0 Å². The van der Waals surface area contributed by atoms with E-state index in [1.54, 1.807) is 0 Å². The molecule has 0 aromatic heterocycles. The lowest BCUT2D eigenvalue weighted by Gasteiger charge is -2.37. The van der Waals surface area contributed by atoms with Crippen molar-refractivity contribution in [1.82, 2.24) is 4.90 Å². The van der Waals surface area contributed by atoms with Crippen LogP contribution in [0, 0.1) is 6.92 Å². The Morgan fingerprint density at radius 2 is 1.70 bits per heavy atom. The van der Waals surface area contributed by atoms with Crippen LogP contribution in [0.4, 0.5) is 5.69 Å². The van der Waals surface area contributed by atoms with Crippen molar-refractivity contribution in [1.29, 1.82) is 0 Å². The van der Waals surface area contributed by atoms with Gasteiger partial charge in [-0.1, -0.05) is 42.5 Å². The first-order valence-corrected chi connectivity index (χ1v) is 8.94. The molecule has 27 heavy (non-hydrogen) atoms. The average Bonchev–Trinajstić information content (AvgIpc) is 2.62. The van der Waals surface area contributed by atoms with Crippen molar-refractivity contribution in [2.24, 2.45) is 5.73 Å². The summed E-state index contributed by atoms with van der Waals surface area (Å²) in [6, 6.07) is 18.4. The van der Waals surface area contributed by atoms with E-state index in [4.69, 9.17) is 5.73 Å². The van der Waals surface area contributed by atoms with E-state index in [0.717, 1.165) is 37.2 Å². The number of carbonyl (C=O) groups is 1. The maximum atomic E-state index is 12.9. The fourth-order valence-electron chi connectivity index (χ4n) is 3.43. The molecule has 1 fully saturated rings. The molecule has 4 nitrogen and oxygen atoms in total. The van der Waals surface area contributed by atoms with Gasteiger partial charge in [0, 0.05) is 24.8 Å². The third-order valence-corrected chi connectivity index (χ3v) is 4.99. The van der Waals surface area contributed by atoms with E-state index in [1.807, 2.05) is 42.2 Å². The number of amides is 1. The quantitative estimate of drug-likeness (QED) is 0.798. The molecule has 1 aliphatic rings. The molecule has 0 radical (unpaired) electrons. The van der Waals surface area contributed by atoms with Gasteiger partial charge in [0.2, 0.25) is 5.91 Å². The third-order valence-electron chi connectivity index (χ3n) is 4.99. The Balaban J connectivity index is 0.00000182. The van der Waals surface area contributed by atoms with Gasteiger partial charge in [-0.25, -0.2) is 0 Å². The molecule has 0 saturated carbocycles. The summed E-state index contributed by atoms with van der Waals surface area (Å²) in [5.41, 5.74) is 8.67. The Kier molecular flexibility index (Phi) is 8.60. The van der Waals surface area contributed by atoms with E-state index in [0.29, 0.717) is 6.04 Å². The molecule has 3 N–H and O–H groups in total. The Hall–Kier alpha value is -1.75. The highest BCUT2D eigenvalue weighted by atomic mass is 35.5. The molecule has 1 amide bonds. The van der Waals surface area contributed by atoms with Crippen LogP contribution in [0.25, 0.3) is 0 Å². The molecule has 1 heterocycles. The summed E-state index contributed by atoms with van der Waals surface area (Å²) < 4.78 is 0. The number of carbonyl (C=O) groups excluding carboxylic acids is 1. The second kappa shape index (κ2) is 9.98. The summed E-state index contributed by atoms with van der Waals surface area (Å²) in [7, 11) is 0. The number of nitrogens with zero attached hydrogens (tertiary/aromatic N) is 1. The van der Waals surface area contributed by atoms with Crippen LogP contribution in [0.1, 0.15) is 30.9 Å². The van der Waals surface area contributed by atoms with Crippen LogP contribution in [0.3, 0.4) is 0 Å². The van der Waals surface area contributed by atoms with E-state index < -0.39 is 5.54 Å². The molecule has 2 aromatic carbocycles. The highest BCUT2D eigenvalue weighted by molar-refractivity contribution is 5.87. The van der Waals surface area contributed by atoms with E-state index in [-0.39, 0.29) is 30.7 Å². The first kappa shape index (κ1) is 23.3. The standard InChI is InChI=1S/C21H27N3O.2ClH/c1-16-7-6-10-19(15-16)23-18-11-13-24(14-12-18)20(25)21(2,22)17-8-4-3-5-9-17;;/h3-10,15,18,23H,11-14,22H2,1-2H3;2*1H. The van der Waals surface area contributed by atoms with Crippen LogP contribution in [0.5, 0.6) is 0 Å². The van der Waals surface area contributed by atoms with Gasteiger partial charge in [-0.2, -0.15) is 0 Å². The SMILES string of the molecule is Cc1cccc(NC2CCN(C(=O)C(C)(N)c3ccccc3)CC2)c1.Cl.Cl. The molecule has 1 saturated heterocycles. The number of rotatable bonds is 4. The number of hydrogen-bond acceptors (Lipinski definition) is 3. The molecular formula is C21H29Cl2N3O. The van der Waals surface area contributed by atoms with Gasteiger partial charge < -0.3 is 16.0 Å². The van der Waals surface area contributed by atoms with Gasteiger partial charge in [-0.05, 0) is 49.9 Å². The Bertz CT molecular complexity index is 729. The summed E-state index contributed by atoms with van der Waals surface area (Å²) >= 11 is 0. The summed E-state index contributed by atoms with van der Waals surface area (Å²) in [4.78, 5) is 14.8. The van der Waals surface area contributed by atoms with E-state index in [2.05, 4.69) is 36.5 Å². The van der Waals surface area contributed by atoms with Crippen molar-refractivity contribution in [3.05, 3.63) is 65.7 Å². The van der Waals surface area contributed by atoms with Crippen molar-refractivity contribution >= 4 is 36.4 Å². The highest BCUT2D eigenvalue weighted by Crippen LogP contribution is 2.24. The molecule has 0 spiro atoms. The molecule has 0 bridgehead atoms. The van der Waals surface area contributed by atoms with Gasteiger partial charge in [0.25, 0.3) is 0 Å². The second-order valence-corrected chi connectivity index (χ2v) is 7.15. The molecule has 2 aromatic rings. The molecule has 0 aliphatic carbocycles. The molecule has 3 rings (SSSR count). The molecule has 6 heteroatoms. The third kappa shape index (κ3) is 5.61. The van der Waals surface area contributed by atoms with Gasteiger partial charge in [0.15, 0.2) is 0 Å². The van der Waals surface area contributed by atoms with Crippen molar-refractivity contribution in [3.8, 4) is 0 Å². The molecule has 1 unspecified atom stereocenters. The molecule has 148 valence electrons. The van der Waals surface area contributed by atoms with Crippen LogP contribution < -0.4 is 11.1 Å². The number of aryl methyl sites for hydroxylation is 1. The van der Waals surface area contributed by atoms with Gasteiger partial charge in [0.1, 0.15) is 5.54 Å². The minimum Gasteiger partial charge on any atom is -0.382 e. The normalized spacial score (nSPS) is 16.5. The van der Waals surface area contributed by atoms with Crippen molar-refractivity contribution in [2.75, 3.05) is 18.4 Å². The van der Waals surface area contributed by atoms with Crippen LogP contribution in [0.2, 0.25) is 0 Å². The number of likely N-dealkylation sites (tertiary alicyclic amines) is 1. The summed E-state index contributed by atoms with van der Waals surface area (Å²) in [5, 5.41) is 3.58. The largest absolute Gasteiger partial charge is 0.382 e. The van der Waals surface area contributed by atoms with Crippen LogP contribution in [-0.4, -0.2) is 29.9 Å². The fraction of sp³-hybridized carbons (Fsp3) is 0.381. The molecular weight excluding hydrogens is 381 g/mol. The predicted molar refractivity (Wildman–Crippen MR) is 117 cm³/mol. The first-order chi connectivity index (χ1) is 12.0. The van der Waals surface area contributed by atoms with Crippen molar-refractivity contribution in [2.45, 2.75) is 38.3 Å². The number of anilines is 1. The lowest BCUT2D eigenvalue weighted by atomic mass is 9.90. The van der Waals surface area contributed by atoms with Gasteiger partial charge in [-0.3, -0.25) is 4.79 Å². The second-order valence-electron chi connectivity index (χ2n) is 7.15. The Morgan fingerprint density at radius 1 is 1.07 bits per heavy atom. The number of halogens is 2. The Labute approximate surface area is 174 Å². The molecule has 1 aliphatic heterocycles. The topological polar surface area (TPSA) is 58.4 Å². The fourth-order valence-corrected chi connectivity index (χ4v) is 3.43. The maximum Gasteiger partial charge on any atom is 0.246 e. The number of piperidine rings is 1. The zero-order valence-electron chi connectivity index (χ0n) is 15.9. The van der Waals surface area contributed by atoms with E-state index in [9.17, 15) is 4.79 Å². The minimum atomic E-state index is -0.974. The average molecular weight is 410 g/mol. The zero-order valence-corrected chi connectivity index (χ0v) is 17.5. The van der Waals surface area contributed by atoms with E-state index >= 15 is 0 Å². The Morgan fingerprint density at radius 3 is 2.30 bits per heavy atom. The number of hydrogen-bond donors (Lipinski definition) is 2. The minimum absolute atomic E-state index is 0. The summed E-state index contributed by atoms with van der Waals surface area (Å²) in [6.45, 7) is 5.38. The smallest absolute Gasteiger partial charge is 0.246 e. The predicted octanol–water partition coefficient (Wildman–Crippen LogP) is 4.12. The lowest BCUT2D eigenvalue weighted by molar-refractivity contribution is -0.137. The van der Waals surface area contributed by atoms with Gasteiger partial charge in [-0.15, -0.1) is 24.8 Å². The van der Waals surface area contributed by atoms with Crippen LogP contribution in [0.15, 0.2) is 54.6 Å². The number of benzene rings is 2. The van der Waals surface area contributed by atoms with Crippen molar-refractivity contribution < 1.29 is 4.79 Å². The highest BCUT2D eigenvalue weighted by Gasteiger charge is 2.35. The monoisotopic (exact) mass is 409 g/mol.